The molecule has 88 valence electrons. The van der Waals surface area contributed by atoms with Crippen LogP contribution in [0.4, 0.5) is 0 Å². The van der Waals surface area contributed by atoms with Gasteiger partial charge in [-0.2, -0.15) is 0 Å². The predicted octanol–water partition coefficient (Wildman–Crippen LogP) is -0.340. The molecule has 0 saturated heterocycles. The molecule has 1 rings (SSSR count). The minimum Gasteiger partial charge on any atom is -0.467 e. The molecule has 5 N–H and O–H groups in total. The summed E-state index contributed by atoms with van der Waals surface area (Å²) in [7, 11) is 0. The molecule has 0 aliphatic rings. The average Bonchev–Trinajstić information content (AvgIpc) is 2.68. The number of furan rings is 1. The highest BCUT2D eigenvalue weighted by atomic mass is 16.3. The Morgan fingerprint density at radius 2 is 2.25 bits per heavy atom. The van der Waals surface area contributed by atoms with E-state index >= 15 is 0 Å². The molecule has 16 heavy (non-hydrogen) atoms. The number of carbonyl (C=O) groups excluding carboxylic acids is 2. The predicted molar refractivity (Wildman–Crippen MR) is 57.1 cm³/mol. The molecule has 1 aromatic rings. The Morgan fingerprint density at radius 3 is 2.75 bits per heavy atom. The zero-order valence-corrected chi connectivity index (χ0v) is 8.97. The standard InChI is InChI=1S/C10H15N3O3/c1-6(8-3-2-4-16-8)13-10(15)7(11)5-9(12)14/h2-4,6-7H,5,11H2,1H3,(H2,12,14)(H,13,15)/t6-,7?/m0/s1. The molecule has 2 atom stereocenters. The zero-order chi connectivity index (χ0) is 12.1. The number of nitrogens with one attached hydrogen (secondary N) is 1. The molecule has 1 aromatic heterocycles. The van der Waals surface area contributed by atoms with E-state index in [4.69, 9.17) is 15.9 Å². The van der Waals surface area contributed by atoms with Gasteiger partial charge in [0.05, 0.1) is 24.8 Å². The highest BCUT2D eigenvalue weighted by molar-refractivity contribution is 5.87. The lowest BCUT2D eigenvalue weighted by atomic mass is 10.1. The first-order valence-corrected chi connectivity index (χ1v) is 4.88. The third-order valence-corrected chi connectivity index (χ3v) is 2.09. The lowest BCUT2D eigenvalue weighted by Gasteiger charge is -2.14. The van der Waals surface area contributed by atoms with Crippen LogP contribution in [-0.4, -0.2) is 17.9 Å². The maximum atomic E-state index is 11.5. The molecule has 1 heterocycles. The third-order valence-electron chi connectivity index (χ3n) is 2.09. The quantitative estimate of drug-likeness (QED) is 0.636. The van der Waals surface area contributed by atoms with Crippen LogP contribution in [0.5, 0.6) is 0 Å². The van der Waals surface area contributed by atoms with E-state index in [2.05, 4.69) is 5.32 Å². The first-order valence-electron chi connectivity index (χ1n) is 4.88. The minimum absolute atomic E-state index is 0.170. The monoisotopic (exact) mass is 225 g/mol. The van der Waals surface area contributed by atoms with E-state index in [1.54, 1.807) is 19.1 Å². The van der Waals surface area contributed by atoms with E-state index < -0.39 is 17.9 Å². The molecule has 2 amide bonds. The summed E-state index contributed by atoms with van der Waals surface area (Å²) in [6, 6.07) is 2.25. The summed E-state index contributed by atoms with van der Waals surface area (Å²) in [6.07, 6.45) is 1.35. The second kappa shape index (κ2) is 5.32. The minimum atomic E-state index is -0.921. The van der Waals surface area contributed by atoms with Crippen LogP contribution in [0.3, 0.4) is 0 Å². The first kappa shape index (κ1) is 12.3. The van der Waals surface area contributed by atoms with Gasteiger partial charge in [-0.05, 0) is 19.1 Å². The first-order chi connectivity index (χ1) is 7.50. The number of primary amides is 1. The third kappa shape index (κ3) is 3.39. The van der Waals surface area contributed by atoms with Crippen molar-refractivity contribution in [2.24, 2.45) is 11.5 Å². The lowest BCUT2D eigenvalue weighted by Crippen LogP contribution is -2.43. The molecule has 0 fully saturated rings. The number of carbonyl (C=O) groups is 2. The number of amides is 2. The maximum absolute atomic E-state index is 11.5. The van der Waals surface area contributed by atoms with Crippen molar-refractivity contribution in [1.82, 2.24) is 5.32 Å². The fourth-order valence-corrected chi connectivity index (χ4v) is 1.24. The highest BCUT2D eigenvalue weighted by Crippen LogP contribution is 2.12. The Morgan fingerprint density at radius 1 is 1.56 bits per heavy atom. The smallest absolute Gasteiger partial charge is 0.238 e. The van der Waals surface area contributed by atoms with Crippen molar-refractivity contribution in [2.75, 3.05) is 0 Å². The van der Waals surface area contributed by atoms with Gasteiger partial charge in [0.2, 0.25) is 11.8 Å². The van der Waals surface area contributed by atoms with Gasteiger partial charge in [0.15, 0.2) is 0 Å². The second-order valence-electron chi connectivity index (χ2n) is 3.52. The molecule has 1 unspecified atom stereocenters. The molecule has 0 aliphatic carbocycles. The van der Waals surface area contributed by atoms with Crippen molar-refractivity contribution in [1.29, 1.82) is 0 Å². The molecule has 0 spiro atoms. The SMILES string of the molecule is C[C@H](NC(=O)C(N)CC(N)=O)c1ccco1. The summed E-state index contributed by atoms with van der Waals surface area (Å²) < 4.78 is 5.11. The highest BCUT2D eigenvalue weighted by Gasteiger charge is 2.19. The van der Waals surface area contributed by atoms with E-state index in [9.17, 15) is 9.59 Å². The van der Waals surface area contributed by atoms with E-state index in [0.29, 0.717) is 5.76 Å². The number of rotatable bonds is 5. The average molecular weight is 225 g/mol. The van der Waals surface area contributed by atoms with Crippen LogP contribution in [-0.2, 0) is 9.59 Å². The summed E-state index contributed by atoms with van der Waals surface area (Å²) >= 11 is 0. The van der Waals surface area contributed by atoms with Crippen molar-refractivity contribution < 1.29 is 14.0 Å². The van der Waals surface area contributed by atoms with Gasteiger partial charge in [-0.1, -0.05) is 0 Å². The van der Waals surface area contributed by atoms with Crippen LogP contribution in [0.25, 0.3) is 0 Å². The zero-order valence-electron chi connectivity index (χ0n) is 8.97. The Hall–Kier alpha value is -1.82. The van der Waals surface area contributed by atoms with E-state index in [-0.39, 0.29) is 12.5 Å². The van der Waals surface area contributed by atoms with Gasteiger partial charge in [-0.15, -0.1) is 0 Å². The van der Waals surface area contributed by atoms with Crippen LogP contribution < -0.4 is 16.8 Å². The van der Waals surface area contributed by atoms with Crippen LogP contribution >= 0.6 is 0 Å². The second-order valence-corrected chi connectivity index (χ2v) is 3.52. The maximum Gasteiger partial charge on any atom is 0.238 e. The summed E-state index contributed by atoms with van der Waals surface area (Å²) in [5.74, 6) is -0.407. The molecule has 0 saturated carbocycles. The van der Waals surface area contributed by atoms with Gasteiger partial charge in [-0.25, -0.2) is 0 Å². The molecular weight excluding hydrogens is 210 g/mol. The number of hydrogen-bond donors (Lipinski definition) is 3. The van der Waals surface area contributed by atoms with Crippen molar-refractivity contribution in [3.05, 3.63) is 24.2 Å². The van der Waals surface area contributed by atoms with Gasteiger partial charge in [0.25, 0.3) is 0 Å². The van der Waals surface area contributed by atoms with E-state index in [1.165, 1.54) is 6.26 Å². The molecule has 0 bridgehead atoms. The van der Waals surface area contributed by atoms with Crippen molar-refractivity contribution in [3.8, 4) is 0 Å². The Kier molecular flexibility index (Phi) is 4.07. The van der Waals surface area contributed by atoms with Crippen molar-refractivity contribution >= 4 is 11.8 Å². The van der Waals surface area contributed by atoms with Crippen LogP contribution in [0.1, 0.15) is 25.1 Å². The van der Waals surface area contributed by atoms with Crippen molar-refractivity contribution in [3.63, 3.8) is 0 Å². The lowest BCUT2D eigenvalue weighted by molar-refractivity contribution is -0.126. The van der Waals surface area contributed by atoms with Gasteiger partial charge >= 0.3 is 0 Å². The Labute approximate surface area is 93.0 Å². The summed E-state index contributed by atoms with van der Waals surface area (Å²) in [4.78, 5) is 22.1. The molecule has 0 radical (unpaired) electrons. The fourth-order valence-electron chi connectivity index (χ4n) is 1.24. The Balaban J connectivity index is 2.48. The van der Waals surface area contributed by atoms with E-state index in [1.807, 2.05) is 0 Å². The van der Waals surface area contributed by atoms with Crippen LogP contribution in [0, 0.1) is 0 Å². The van der Waals surface area contributed by atoms with Crippen LogP contribution in [0.2, 0.25) is 0 Å². The summed E-state index contributed by atoms with van der Waals surface area (Å²) in [5, 5.41) is 2.62. The van der Waals surface area contributed by atoms with Gasteiger partial charge in [0, 0.05) is 0 Å². The molecule has 6 nitrogen and oxygen atoms in total. The normalized spacial score (nSPS) is 14.1. The summed E-state index contributed by atoms with van der Waals surface area (Å²) in [5.41, 5.74) is 10.4. The molecule has 0 aromatic carbocycles. The molecule has 6 heteroatoms. The summed E-state index contributed by atoms with van der Waals surface area (Å²) in [6.45, 7) is 1.76. The van der Waals surface area contributed by atoms with Gasteiger partial charge < -0.3 is 21.2 Å². The molecular formula is C10H15N3O3. The van der Waals surface area contributed by atoms with Gasteiger partial charge in [0.1, 0.15) is 5.76 Å². The van der Waals surface area contributed by atoms with Crippen molar-refractivity contribution in [2.45, 2.75) is 25.4 Å². The van der Waals surface area contributed by atoms with Crippen LogP contribution in [0.15, 0.2) is 22.8 Å². The van der Waals surface area contributed by atoms with Gasteiger partial charge in [-0.3, -0.25) is 9.59 Å². The largest absolute Gasteiger partial charge is 0.467 e. The van der Waals surface area contributed by atoms with E-state index in [0.717, 1.165) is 0 Å². The topological polar surface area (TPSA) is 111 Å². The Bertz CT molecular complexity index is 361. The number of hydrogen-bond acceptors (Lipinski definition) is 4. The fraction of sp³-hybridized carbons (Fsp3) is 0.400. The molecule has 0 aliphatic heterocycles. The number of nitrogens with two attached hydrogens (primary N) is 2.